The van der Waals surface area contributed by atoms with Crippen LogP contribution in [0.4, 0.5) is 11.5 Å². The monoisotopic (exact) mass is 281 g/mol. The number of pyridine rings is 1. The molecule has 0 spiro atoms. The quantitative estimate of drug-likeness (QED) is 0.747. The first-order valence-corrected chi connectivity index (χ1v) is 7.06. The molecule has 1 atom stereocenters. The van der Waals surface area contributed by atoms with Crippen molar-refractivity contribution in [2.75, 3.05) is 17.7 Å². The summed E-state index contributed by atoms with van der Waals surface area (Å²) in [5.74, 6) is 1.55. The van der Waals surface area contributed by atoms with Crippen molar-refractivity contribution in [1.29, 1.82) is 0 Å². The van der Waals surface area contributed by atoms with Gasteiger partial charge in [-0.2, -0.15) is 4.98 Å². The molecule has 5 nitrogen and oxygen atoms in total. The third-order valence-corrected chi connectivity index (χ3v) is 2.87. The zero-order chi connectivity index (χ0) is 15.3. The second-order valence-corrected chi connectivity index (χ2v) is 6.31. The average molecular weight is 281 g/mol. The summed E-state index contributed by atoms with van der Waals surface area (Å²) in [7, 11) is 0. The van der Waals surface area contributed by atoms with Crippen LogP contribution in [0.15, 0.2) is 12.1 Å². The van der Waals surface area contributed by atoms with Gasteiger partial charge in [0.15, 0.2) is 0 Å². The Morgan fingerprint density at radius 3 is 2.50 bits per heavy atom. The molecule has 0 saturated heterocycles. The summed E-state index contributed by atoms with van der Waals surface area (Å²) in [5, 5.41) is 12.4. The third kappa shape index (κ3) is 5.25. The van der Waals surface area contributed by atoms with Crippen LogP contribution in [-0.2, 0) is 0 Å². The van der Waals surface area contributed by atoms with Crippen molar-refractivity contribution >= 4 is 11.5 Å². The molecular formula is C15H27N3O2. The molecule has 114 valence electrons. The van der Waals surface area contributed by atoms with Gasteiger partial charge in [0.1, 0.15) is 11.4 Å². The number of ether oxygens (including phenoxy) is 1. The Balaban J connectivity index is 2.88. The van der Waals surface area contributed by atoms with Crippen molar-refractivity contribution in [3.63, 3.8) is 0 Å². The number of nitrogens with zero attached hydrogens (tertiary/aromatic N) is 1. The molecule has 0 radical (unpaired) electrons. The fourth-order valence-electron chi connectivity index (χ4n) is 1.80. The number of aromatic nitrogens is 1. The van der Waals surface area contributed by atoms with E-state index >= 15 is 0 Å². The van der Waals surface area contributed by atoms with E-state index in [4.69, 9.17) is 15.6 Å². The van der Waals surface area contributed by atoms with Gasteiger partial charge in [-0.05, 0) is 45.2 Å². The molecule has 1 unspecified atom stereocenters. The molecule has 0 aliphatic heterocycles. The molecule has 0 fully saturated rings. The molecule has 1 heterocycles. The van der Waals surface area contributed by atoms with Crippen molar-refractivity contribution in [3.05, 3.63) is 12.1 Å². The average Bonchev–Trinajstić information content (AvgIpc) is 2.31. The van der Waals surface area contributed by atoms with Crippen LogP contribution in [0, 0.1) is 5.92 Å². The number of nitrogens with one attached hydrogen (secondary N) is 1. The number of nitrogens with two attached hydrogens (primary N) is 1. The maximum Gasteiger partial charge on any atom is 0.239 e. The van der Waals surface area contributed by atoms with Gasteiger partial charge in [0.05, 0.1) is 5.69 Å². The zero-order valence-corrected chi connectivity index (χ0v) is 13.1. The molecule has 0 aliphatic carbocycles. The van der Waals surface area contributed by atoms with Gasteiger partial charge in [-0.15, -0.1) is 0 Å². The van der Waals surface area contributed by atoms with Crippen LogP contribution in [0.2, 0.25) is 0 Å². The Labute approximate surface area is 121 Å². The van der Waals surface area contributed by atoms with E-state index < -0.39 is 0 Å². The van der Waals surface area contributed by atoms with Crippen molar-refractivity contribution in [3.8, 4) is 5.88 Å². The first-order valence-electron chi connectivity index (χ1n) is 7.06. The minimum Gasteiger partial charge on any atom is -0.470 e. The van der Waals surface area contributed by atoms with Gasteiger partial charge < -0.3 is 20.9 Å². The summed E-state index contributed by atoms with van der Waals surface area (Å²) >= 11 is 0. The van der Waals surface area contributed by atoms with Crippen LogP contribution in [0.5, 0.6) is 5.88 Å². The first-order chi connectivity index (χ1) is 9.23. The van der Waals surface area contributed by atoms with Crippen LogP contribution in [-0.4, -0.2) is 28.3 Å². The predicted molar refractivity (Wildman–Crippen MR) is 83.0 cm³/mol. The molecule has 4 N–H and O–H groups in total. The van der Waals surface area contributed by atoms with E-state index in [1.165, 1.54) is 0 Å². The second-order valence-electron chi connectivity index (χ2n) is 6.31. The normalized spacial score (nSPS) is 13.3. The van der Waals surface area contributed by atoms with Crippen molar-refractivity contribution < 1.29 is 9.84 Å². The number of aliphatic hydroxyl groups excluding tert-OH is 1. The van der Waals surface area contributed by atoms with Gasteiger partial charge in [-0.25, -0.2) is 0 Å². The minimum atomic E-state index is -0.345. The van der Waals surface area contributed by atoms with Gasteiger partial charge in [-0.1, -0.05) is 13.8 Å². The predicted octanol–water partition coefficient (Wildman–Crippen LogP) is 2.66. The number of rotatable bonds is 6. The van der Waals surface area contributed by atoms with Crippen molar-refractivity contribution in [2.45, 2.75) is 52.7 Å². The lowest BCUT2D eigenvalue weighted by Crippen LogP contribution is -2.28. The van der Waals surface area contributed by atoms with Crippen LogP contribution >= 0.6 is 0 Å². The molecule has 1 aromatic heterocycles. The maximum atomic E-state index is 9.11. The van der Waals surface area contributed by atoms with Gasteiger partial charge >= 0.3 is 0 Å². The highest BCUT2D eigenvalue weighted by atomic mass is 16.5. The smallest absolute Gasteiger partial charge is 0.239 e. The number of hydrogen-bond acceptors (Lipinski definition) is 5. The Bertz CT molecular complexity index is 428. The van der Waals surface area contributed by atoms with Gasteiger partial charge in [0.2, 0.25) is 5.88 Å². The van der Waals surface area contributed by atoms with E-state index in [1.54, 1.807) is 6.07 Å². The SMILES string of the molecule is CC(C)C(CCO)Nc1ccc(N)c(OC(C)(C)C)n1. The van der Waals surface area contributed by atoms with Crippen LogP contribution in [0.25, 0.3) is 0 Å². The summed E-state index contributed by atoms with van der Waals surface area (Å²) in [6, 6.07) is 3.78. The minimum absolute atomic E-state index is 0.149. The standard InChI is InChI=1S/C15H27N3O2/c1-10(2)12(8-9-19)17-13-7-6-11(16)14(18-13)20-15(3,4)5/h6-7,10,12,19H,8-9,16H2,1-5H3,(H,17,18). The number of hydrogen-bond donors (Lipinski definition) is 3. The zero-order valence-electron chi connectivity index (χ0n) is 13.1. The molecule has 0 saturated carbocycles. The number of anilines is 2. The fraction of sp³-hybridized carbons (Fsp3) is 0.667. The summed E-state index contributed by atoms with van der Waals surface area (Å²) in [6.07, 6.45) is 0.680. The van der Waals surface area contributed by atoms with Gasteiger partial charge in [0, 0.05) is 12.6 Å². The number of nitrogen functional groups attached to an aromatic ring is 1. The highest BCUT2D eigenvalue weighted by Crippen LogP contribution is 2.25. The topological polar surface area (TPSA) is 80.4 Å². The van der Waals surface area contributed by atoms with E-state index in [1.807, 2.05) is 26.8 Å². The van der Waals surface area contributed by atoms with Crippen molar-refractivity contribution in [2.24, 2.45) is 5.92 Å². The molecule has 1 aromatic rings. The first kappa shape index (κ1) is 16.6. The maximum absolute atomic E-state index is 9.11. The fourth-order valence-corrected chi connectivity index (χ4v) is 1.80. The molecular weight excluding hydrogens is 254 g/mol. The highest BCUT2D eigenvalue weighted by Gasteiger charge is 2.17. The molecule has 0 bridgehead atoms. The summed E-state index contributed by atoms with van der Waals surface area (Å²) < 4.78 is 5.75. The van der Waals surface area contributed by atoms with E-state index in [9.17, 15) is 0 Å². The van der Waals surface area contributed by atoms with Gasteiger partial charge in [-0.3, -0.25) is 0 Å². The second kappa shape index (κ2) is 6.79. The van der Waals surface area contributed by atoms with Crippen LogP contribution in [0.3, 0.4) is 0 Å². The Hall–Kier alpha value is -1.49. The lowest BCUT2D eigenvalue weighted by atomic mass is 10.0. The number of aliphatic hydroxyl groups is 1. The molecule has 20 heavy (non-hydrogen) atoms. The molecule has 5 heteroatoms. The molecule has 0 aromatic carbocycles. The third-order valence-electron chi connectivity index (χ3n) is 2.87. The highest BCUT2D eigenvalue weighted by molar-refractivity contribution is 5.54. The van der Waals surface area contributed by atoms with E-state index in [0.717, 1.165) is 0 Å². The summed E-state index contributed by atoms with van der Waals surface area (Å²) in [4.78, 5) is 4.42. The van der Waals surface area contributed by atoms with Gasteiger partial charge in [0.25, 0.3) is 0 Å². The van der Waals surface area contributed by atoms with E-state index in [-0.39, 0.29) is 18.2 Å². The molecule has 0 aliphatic rings. The Morgan fingerprint density at radius 1 is 1.35 bits per heavy atom. The van der Waals surface area contributed by atoms with E-state index in [2.05, 4.69) is 24.1 Å². The lowest BCUT2D eigenvalue weighted by Gasteiger charge is -2.24. The van der Waals surface area contributed by atoms with Crippen molar-refractivity contribution in [1.82, 2.24) is 4.98 Å². The largest absolute Gasteiger partial charge is 0.470 e. The molecule has 0 amide bonds. The van der Waals surface area contributed by atoms with Crippen LogP contribution in [0.1, 0.15) is 41.0 Å². The van der Waals surface area contributed by atoms with Crippen LogP contribution < -0.4 is 15.8 Å². The lowest BCUT2D eigenvalue weighted by molar-refractivity contribution is 0.125. The Morgan fingerprint density at radius 2 is 2.00 bits per heavy atom. The summed E-state index contributed by atoms with van der Waals surface area (Å²) in [6.45, 7) is 10.2. The Kier molecular flexibility index (Phi) is 5.62. The summed E-state index contributed by atoms with van der Waals surface area (Å²) in [5.41, 5.74) is 6.07. The van der Waals surface area contributed by atoms with E-state index in [0.29, 0.717) is 29.7 Å². The molecule has 1 rings (SSSR count).